The average molecular weight is 490 g/mol. The monoisotopic (exact) mass is 489 g/mol. The number of nitrogens with one attached hydrogen (secondary N) is 2. The van der Waals surface area contributed by atoms with Crippen LogP contribution in [0.5, 0.6) is 5.75 Å². The predicted molar refractivity (Wildman–Crippen MR) is 138 cm³/mol. The zero-order valence-electron chi connectivity index (χ0n) is 21.1. The molecule has 6 rings (SSSR count). The van der Waals surface area contributed by atoms with E-state index in [1.807, 2.05) is 31.2 Å². The fourth-order valence-electron chi connectivity index (χ4n) is 6.58. The second-order valence-electron chi connectivity index (χ2n) is 10.9. The lowest BCUT2D eigenvalue weighted by molar-refractivity contribution is 0.0922. The normalized spacial score (nSPS) is 27.0. The summed E-state index contributed by atoms with van der Waals surface area (Å²) < 4.78 is 5.76. The Morgan fingerprint density at radius 2 is 1.78 bits per heavy atom. The van der Waals surface area contributed by atoms with Gasteiger partial charge in [0.15, 0.2) is 0 Å². The molecule has 4 aliphatic heterocycles. The first-order valence-electron chi connectivity index (χ1n) is 13.3. The number of aromatic nitrogens is 1. The fraction of sp³-hybridized carbons (Fsp3) is 0.536. The molecule has 2 N–H and O–H groups in total. The highest BCUT2D eigenvalue weighted by atomic mass is 16.5. The number of piperidine rings is 1. The Balaban J connectivity index is 1.08. The van der Waals surface area contributed by atoms with Crippen LogP contribution in [0.15, 0.2) is 30.5 Å². The van der Waals surface area contributed by atoms with Crippen molar-refractivity contribution in [3.63, 3.8) is 0 Å². The number of anilines is 1. The summed E-state index contributed by atoms with van der Waals surface area (Å²) in [5.41, 5.74) is 3.45. The standard InChI is InChI=1S/C28H35N5O3/c1-17-24(7-3-18-10-12-36-26(17)18)28(35)31-21-13-22-5-6-23(14-21)33(22)25-8-4-19(15-29-25)27(34)30-20-9-11-32(2)16-20/h3-4,7-8,15,20-23H,5-6,9-14,16H2,1-2H3,(H,30,34)(H,31,35)/t20-,21-,22+,23-/m0/s1. The van der Waals surface area contributed by atoms with Gasteiger partial charge in [-0.2, -0.15) is 0 Å². The number of carbonyl (C=O) groups is 2. The maximum absolute atomic E-state index is 13.1. The van der Waals surface area contributed by atoms with Gasteiger partial charge < -0.3 is 25.2 Å². The molecule has 4 aliphatic rings. The van der Waals surface area contributed by atoms with Crippen LogP contribution in [-0.2, 0) is 6.42 Å². The molecule has 0 unspecified atom stereocenters. The molecule has 36 heavy (non-hydrogen) atoms. The van der Waals surface area contributed by atoms with Crippen molar-refractivity contribution in [3.8, 4) is 5.75 Å². The van der Waals surface area contributed by atoms with Crippen molar-refractivity contribution in [2.45, 2.75) is 69.6 Å². The third-order valence-electron chi connectivity index (χ3n) is 8.42. The number of carbonyl (C=O) groups excluding carboxylic acids is 2. The molecular weight excluding hydrogens is 454 g/mol. The molecular formula is C28H35N5O3. The second-order valence-corrected chi connectivity index (χ2v) is 10.9. The van der Waals surface area contributed by atoms with E-state index in [0.29, 0.717) is 29.8 Å². The molecule has 190 valence electrons. The van der Waals surface area contributed by atoms with E-state index in [2.05, 4.69) is 32.5 Å². The molecule has 3 fully saturated rings. The van der Waals surface area contributed by atoms with Gasteiger partial charge >= 0.3 is 0 Å². The molecule has 0 aliphatic carbocycles. The molecule has 4 atom stereocenters. The number of amides is 2. The maximum atomic E-state index is 13.1. The van der Waals surface area contributed by atoms with Crippen LogP contribution in [0, 0.1) is 6.92 Å². The zero-order chi connectivity index (χ0) is 24.8. The van der Waals surface area contributed by atoms with Crippen LogP contribution in [-0.4, -0.2) is 72.6 Å². The van der Waals surface area contributed by atoms with E-state index in [9.17, 15) is 9.59 Å². The molecule has 0 radical (unpaired) electrons. The molecule has 3 saturated heterocycles. The third-order valence-corrected chi connectivity index (χ3v) is 8.42. The number of ether oxygens (including phenoxy) is 1. The number of fused-ring (bicyclic) bond motifs is 3. The van der Waals surface area contributed by atoms with E-state index in [0.717, 1.165) is 68.7 Å². The number of nitrogens with zero attached hydrogens (tertiary/aromatic N) is 3. The summed E-state index contributed by atoms with van der Waals surface area (Å²) in [6.07, 6.45) is 7.61. The van der Waals surface area contributed by atoms with Gasteiger partial charge in [0.05, 0.1) is 12.2 Å². The highest BCUT2D eigenvalue weighted by Crippen LogP contribution is 2.39. The molecule has 0 spiro atoms. The Morgan fingerprint density at radius 3 is 2.47 bits per heavy atom. The lowest BCUT2D eigenvalue weighted by Crippen LogP contribution is -2.50. The van der Waals surface area contributed by atoms with E-state index < -0.39 is 0 Å². The number of hydrogen-bond donors (Lipinski definition) is 2. The van der Waals surface area contributed by atoms with Crippen molar-refractivity contribution in [2.75, 3.05) is 31.6 Å². The highest BCUT2D eigenvalue weighted by molar-refractivity contribution is 5.97. The first-order valence-corrected chi connectivity index (χ1v) is 13.3. The molecule has 1 aromatic heterocycles. The van der Waals surface area contributed by atoms with Crippen LogP contribution < -0.4 is 20.3 Å². The minimum absolute atomic E-state index is 0.00871. The van der Waals surface area contributed by atoms with Crippen LogP contribution in [0.1, 0.15) is 63.9 Å². The third kappa shape index (κ3) is 4.32. The largest absolute Gasteiger partial charge is 0.493 e. The van der Waals surface area contributed by atoms with Crippen LogP contribution >= 0.6 is 0 Å². The van der Waals surface area contributed by atoms with E-state index in [1.165, 1.54) is 5.56 Å². The molecule has 2 bridgehead atoms. The number of benzene rings is 1. The SMILES string of the molecule is Cc1c(C(=O)N[C@H]2C[C@H]3CC[C@@H](C2)N3c2ccc(C(=O)N[C@H]3CCN(C)C3)cn2)ccc2c1OCC2. The Bertz CT molecular complexity index is 1150. The van der Waals surface area contributed by atoms with Gasteiger partial charge in [0.1, 0.15) is 11.6 Å². The first kappa shape index (κ1) is 23.3. The number of likely N-dealkylation sites (tertiary alicyclic amines) is 1. The summed E-state index contributed by atoms with van der Waals surface area (Å²) in [6, 6.07) is 8.89. The van der Waals surface area contributed by atoms with Crippen molar-refractivity contribution in [2.24, 2.45) is 0 Å². The molecule has 0 saturated carbocycles. The summed E-state index contributed by atoms with van der Waals surface area (Å²) in [6.45, 7) is 4.59. The zero-order valence-corrected chi connectivity index (χ0v) is 21.1. The molecule has 1 aromatic carbocycles. The van der Waals surface area contributed by atoms with Gasteiger partial charge in [0.25, 0.3) is 11.8 Å². The van der Waals surface area contributed by atoms with Gasteiger partial charge in [-0.25, -0.2) is 4.98 Å². The summed E-state index contributed by atoms with van der Waals surface area (Å²) >= 11 is 0. The molecule has 8 heteroatoms. The molecule has 5 heterocycles. The van der Waals surface area contributed by atoms with Crippen molar-refractivity contribution in [3.05, 3.63) is 52.7 Å². The molecule has 2 amide bonds. The Morgan fingerprint density at radius 1 is 1.00 bits per heavy atom. The van der Waals surface area contributed by atoms with Gasteiger partial charge in [-0.05, 0) is 76.4 Å². The average Bonchev–Trinajstić information content (AvgIpc) is 3.57. The van der Waals surface area contributed by atoms with E-state index >= 15 is 0 Å². The summed E-state index contributed by atoms with van der Waals surface area (Å²) in [7, 11) is 2.08. The minimum atomic E-state index is -0.0500. The topological polar surface area (TPSA) is 86.8 Å². The number of rotatable bonds is 5. The lowest BCUT2D eigenvalue weighted by atomic mass is 9.96. The smallest absolute Gasteiger partial charge is 0.253 e. The Kier molecular flexibility index (Phi) is 6.07. The van der Waals surface area contributed by atoms with E-state index in [-0.39, 0.29) is 23.9 Å². The van der Waals surface area contributed by atoms with Crippen molar-refractivity contribution in [1.82, 2.24) is 20.5 Å². The molecule has 8 nitrogen and oxygen atoms in total. The van der Waals surface area contributed by atoms with E-state index in [1.54, 1.807) is 6.20 Å². The van der Waals surface area contributed by atoms with Crippen LogP contribution in [0.2, 0.25) is 0 Å². The summed E-state index contributed by atoms with van der Waals surface area (Å²) in [5.74, 6) is 1.75. The van der Waals surface area contributed by atoms with Gasteiger partial charge in [0.2, 0.25) is 0 Å². The van der Waals surface area contributed by atoms with Gasteiger partial charge in [0, 0.05) is 54.5 Å². The predicted octanol–water partition coefficient (Wildman–Crippen LogP) is 2.69. The maximum Gasteiger partial charge on any atom is 0.253 e. The van der Waals surface area contributed by atoms with Crippen LogP contribution in [0.25, 0.3) is 0 Å². The quantitative estimate of drug-likeness (QED) is 0.672. The summed E-state index contributed by atoms with van der Waals surface area (Å²) in [4.78, 5) is 35.1. The minimum Gasteiger partial charge on any atom is -0.493 e. The van der Waals surface area contributed by atoms with E-state index in [4.69, 9.17) is 4.74 Å². The van der Waals surface area contributed by atoms with Crippen molar-refractivity contribution >= 4 is 17.6 Å². The van der Waals surface area contributed by atoms with Crippen LogP contribution in [0.4, 0.5) is 5.82 Å². The highest BCUT2D eigenvalue weighted by Gasteiger charge is 2.42. The fourth-order valence-corrected chi connectivity index (χ4v) is 6.58. The Hall–Kier alpha value is -3.13. The first-order chi connectivity index (χ1) is 17.5. The van der Waals surface area contributed by atoms with Crippen molar-refractivity contribution < 1.29 is 14.3 Å². The number of pyridine rings is 1. The van der Waals surface area contributed by atoms with Gasteiger partial charge in [-0.3, -0.25) is 9.59 Å². The van der Waals surface area contributed by atoms with Crippen molar-refractivity contribution in [1.29, 1.82) is 0 Å². The second kappa shape index (κ2) is 9.39. The van der Waals surface area contributed by atoms with Gasteiger partial charge in [-0.15, -0.1) is 0 Å². The Labute approximate surface area is 212 Å². The number of hydrogen-bond acceptors (Lipinski definition) is 6. The van der Waals surface area contributed by atoms with Crippen LogP contribution in [0.3, 0.4) is 0 Å². The molecule has 2 aromatic rings. The van der Waals surface area contributed by atoms with Gasteiger partial charge in [-0.1, -0.05) is 6.07 Å². The number of likely N-dealkylation sites (N-methyl/N-ethyl adjacent to an activating group) is 1. The lowest BCUT2D eigenvalue weighted by Gasteiger charge is -2.40. The summed E-state index contributed by atoms with van der Waals surface area (Å²) in [5, 5.41) is 6.43.